The van der Waals surface area contributed by atoms with Crippen LogP contribution in [0.5, 0.6) is 11.5 Å². The molecule has 0 unspecified atom stereocenters. The summed E-state index contributed by atoms with van der Waals surface area (Å²) in [6, 6.07) is 17.4. The molecule has 14 nitrogen and oxygen atoms in total. The normalized spacial score (nSPS) is 31.8. The van der Waals surface area contributed by atoms with Gasteiger partial charge in [0.1, 0.15) is 53.0 Å². The van der Waals surface area contributed by atoms with Gasteiger partial charge in [0.05, 0.1) is 23.0 Å². The molecule has 0 aliphatic carbocycles. The van der Waals surface area contributed by atoms with Crippen molar-refractivity contribution in [3.05, 3.63) is 92.6 Å². The molecule has 53 heavy (non-hydrogen) atoms. The van der Waals surface area contributed by atoms with Gasteiger partial charge in [0.25, 0.3) is 0 Å². The van der Waals surface area contributed by atoms with E-state index in [1.807, 2.05) is 30.3 Å². The fraction of sp³-hybridized carbons (Fsp3) is 0.385. The number of hydrogen-bond donors (Lipinski definition) is 3. The molecule has 9 rings (SSSR count). The van der Waals surface area contributed by atoms with Crippen molar-refractivity contribution in [3.63, 3.8) is 0 Å². The number of ether oxygens (including phenoxy) is 7. The van der Waals surface area contributed by atoms with E-state index in [2.05, 4.69) is 0 Å². The highest BCUT2D eigenvalue weighted by molar-refractivity contribution is 6.28. The lowest BCUT2D eigenvalue weighted by Gasteiger charge is -2.45. The molecule has 2 aromatic heterocycles. The largest absolute Gasteiger partial charge is 0.506 e. The van der Waals surface area contributed by atoms with E-state index >= 15 is 0 Å². The van der Waals surface area contributed by atoms with Crippen LogP contribution in [0.25, 0.3) is 43.5 Å². The van der Waals surface area contributed by atoms with Gasteiger partial charge in [0.15, 0.2) is 24.3 Å². The molecule has 11 atom stereocenters. The van der Waals surface area contributed by atoms with Gasteiger partial charge in [-0.15, -0.1) is 0 Å². The maximum atomic E-state index is 13.6. The molecule has 4 aromatic carbocycles. The lowest BCUT2D eigenvalue weighted by molar-refractivity contribution is -0.346. The Morgan fingerprint density at radius 1 is 0.679 bits per heavy atom. The minimum absolute atomic E-state index is 0.00461. The number of benzene rings is 4. The molecule has 3 fully saturated rings. The first-order chi connectivity index (χ1) is 25.5. The molecule has 0 spiro atoms. The molecule has 0 radical (unpaired) electrons. The molecule has 14 heteroatoms. The third-order valence-corrected chi connectivity index (χ3v) is 10.6. The fourth-order valence-electron chi connectivity index (χ4n) is 7.98. The highest BCUT2D eigenvalue weighted by Crippen LogP contribution is 2.47. The number of aliphatic hydroxyl groups is 2. The third kappa shape index (κ3) is 5.24. The van der Waals surface area contributed by atoms with E-state index in [0.717, 1.165) is 5.56 Å². The van der Waals surface area contributed by atoms with Crippen LogP contribution < -0.4 is 16.0 Å². The Bertz CT molecular complexity index is 2460. The van der Waals surface area contributed by atoms with E-state index in [1.165, 1.54) is 7.11 Å². The third-order valence-electron chi connectivity index (χ3n) is 10.6. The second-order valence-corrected chi connectivity index (χ2v) is 13.8. The summed E-state index contributed by atoms with van der Waals surface area (Å²) < 4.78 is 55.4. The Balaban J connectivity index is 1.19. The van der Waals surface area contributed by atoms with Crippen LogP contribution in [0.15, 0.2) is 79.1 Å². The van der Waals surface area contributed by atoms with E-state index in [9.17, 15) is 24.9 Å². The highest BCUT2D eigenvalue weighted by atomic mass is 16.8. The van der Waals surface area contributed by atoms with E-state index < -0.39 is 79.0 Å². The Morgan fingerprint density at radius 2 is 1.42 bits per heavy atom. The number of aromatic hydroxyl groups is 1. The molecule has 0 amide bonds. The lowest BCUT2D eigenvalue weighted by Crippen LogP contribution is -2.63. The Hall–Kier alpha value is -4.64. The Morgan fingerprint density at radius 3 is 2.19 bits per heavy atom. The molecule has 3 N–H and O–H groups in total. The van der Waals surface area contributed by atoms with Crippen LogP contribution in [0, 0.1) is 6.92 Å². The van der Waals surface area contributed by atoms with Crippen LogP contribution in [0.4, 0.5) is 0 Å². The lowest BCUT2D eigenvalue weighted by atomic mass is 9.95. The van der Waals surface area contributed by atoms with Crippen molar-refractivity contribution in [2.24, 2.45) is 0 Å². The van der Waals surface area contributed by atoms with Crippen molar-refractivity contribution in [1.29, 1.82) is 0 Å². The molecule has 3 aliphatic rings. The van der Waals surface area contributed by atoms with Gasteiger partial charge < -0.3 is 57.3 Å². The highest BCUT2D eigenvalue weighted by Gasteiger charge is 2.56. The zero-order valence-electron chi connectivity index (χ0n) is 29.0. The summed E-state index contributed by atoms with van der Waals surface area (Å²) in [6.07, 6.45) is -10.9. The predicted octanol–water partition coefficient (Wildman–Crippen LogP) is 4.13. The summed E-state index contributed by atoms with van der Waals surface area (Å²) in [5.41, 5.74) is 0.0587. The first kappa shape index (κ1) is 34.1. The molecule has 3 aliphatic heterocycles. The Kier molecular flexibility index (Phi) is 8.21. The second kappa shape index (κ2) is 12.7. The topological polar surface area (TPSA) is 186 Å². The van der Waals surface area contributed by atoms with Crippen molar-refractivity contribution < 1.29 is 57.3 Å². The van der Waals surface area contributed by atoms with Crippen LogP contribution in [0.1, 0.15) is 31.3 Å². The average Bonchev–Trinajstić information content (AvgIpc) is 3.60. The van der Waals surface area contributed by atoms with Gasteiger partial charge >= 0.3 is 11.3 Å². The number of hydrogen-bond acceptors (Lipinski definition) is 14. The van der Waals surface area contributed by atoms with Crippen molar-refractivity contribution >= 4 is 43.5 Å². The van der Waals surface area contributed by atoms with Crippen LogP contribution in [-0.4, -0.2) is 83.8 Å². The van der Waals surface area contributed by atoms with Crippen molar-refractivity contribution in [3.8, 4) is 11.5 Å². The smallest absolute Gasteiger partial charge is 0.348 e. The van der Waals surface area contributed by atoms with E-state index in [4.69, 9.17) is 42.0 Å². The summed E-state index contributed by atoms with van der Waals surface area (Å²) in [5, 5.41) is 34.5. The van der Waals surface area contributed by atoms with Gasteiger partial charge in [-0.25, -0.2) is 9.59 Å². The van der Waals surface area contributed by atoms with E-state index in [-0.39, 0.29) is 49.6 Å². The van der Waals surface area contributed by atoms with Crippen molar-refractivity contribution in [2.45, 2.75) is 88.5 Å². The molecule has 5 heterocycles. The van der Waals surface area contributed by atoms with Crippen molar-refractivity contribution in [2.75, 3.05) is 7.11 Å². The van der Waals surface area contributed by atoms with Crippen LogP contribution in [-0.2, 0) is 28.4 Å². The standard InChI is InChI=1S/C39H36O14/c1-15-13-14-21-24-22(15)35(43)50-31-23-19(28(41)26(25(24)31)36(44)48-21)11-8-12-20(23)49-39-34(53-38-29(42)32(45-4)27(40)16(2)46-38)33-30(17(3)47-39)51-37(52-33)18-9-6-5-7-10-18/h5-14,16-17,27,29-30,32-34,37-42H,1-4H3/t16-,17+,27+,29-,30-,32+,33-,34-,37-,38+,39-/m0/s1. The SMILES string of the molecule is CO[C@H]1[C@H](O)[C@@H](O[C@@H]2[C@H](Oc3cccc4c(O)c5c(=O)oc6ccc(C)c7c(=O)oc(c34)c5c67)O[C@H](C)[C@@H]3O[C@H](c4ccccc4)O[C@H]23)O[C@@H](C)[C@H]1O. The summed E-state index contributed by atoms with van der Waals surface area (Å²) in [5.74, 6) is -0.266. The summed E-state index contributed by atoms with van der Waals surface area (Å²) in [6.45, 7) is 5.17. The van der Waals surface area contributed by atoms with E-state index in [1.54, 1.807) is 51.1 Å². The number of aliphatic hydroxyl groups excluding tert-OH is 2. The van der Waals surface area contributed by atoms with Gasteiger partial charge in [0.2, 0.25) is 6.29 Å². The molecular formula is C39H36O14. The minimum atomic E-state index is -1.42. The number of methoxy groups -OCH3 is 1. The first-order valence-electron chi connectivity index (χ1n) is 17.3. The molecule has 0 saturated carbocycles. The van der Waals surface area contributed by atoms with Gasteiger partial charge in [-0.05, 0) is 38.5 Å². The fourth-order valence-corrected chi connectivity index (χ4v) is 7.98. The monoisotopic (exact) mass is 728 g/mol. The Labute approximate surface area is 300 Å². The number of aryl methyl sites for hydroxylation is 1. The zero-order valence-corrected chi connectivity index (χ0v) is 29.0. The summed E-state index contributed by atoms with van der Waals surface area (Å²) in [7, 11) is 1.37. The average molecular weight is 729 g/mol. The van der Waals surface area contributed by atoms with Crippen LogP contribution >= 0.6 is 0 Å². The number of rotatable bonds is 6. The maximum Gasteiger partial charge on any atom is 0.348 e. The first-order valence-corrected chi connectivity index (χ1v) is 17.3. The number of phenolic OH excluding ortho intramolecular Hbond substituents is 1. The van der Waals surface area contributed by atoms with Gasteiger partial charge in [-0.1, -0.05) is 48.5 Å². The number of phenols is 1. The molecule has 0 bridgehead atoms. The zero-order chi connectivity index (χ0) is 36.9. The van der Waals surface area contributed by atoms with Gasteiger partial charge in [-0.3, -0.25) is 0 Å². The summed E-state index contributed by atoms with van der Waals surface area (Å²) >= 11 is 0. The minimum Gasteiger partial charge on any atom is -0.506 e. The van der Waals surface area contributed by atoms with Crippen LogP contribution in [0.2, 0.25) is 0 Å². The summed E-state index contributed by atoms with van der Waals surface area (Å²) in [4.78, 5) is 26.9. The van der Waals surface area contributed by atoms with Gasteiger partial charge in [0, 0.05) is 28.8 Å². The molecule has 276 valence electrons. The van der Waals surface area contributed by atoms with Gasteiger partial charge in [-0.2, -0.15) is 0 Å². The quantitative estimate of drug-likeness (QED) is 0.126. The molecule has 3 saturated heterocycles. The predicted molar refractivity (Wildman–Crippen MR) is 187 cm³/mol. The molecule has 6 aromatic rings. The molecular weight excluding hydrogens is 692 g/mol. The van der Waals surface area contributed by atoms with Crippen molar-refractivity contribution in [1.82, 2.24) is 0 Å². The van der Waals surface area contributed by atoms with E-state index in [0.29, 0.717) is 10.9 Å². The number of fused-ring (bicyclic) bond motifs is 3. The van der Waals surface area contributed by atoms with Crippen LogP contribution in [0.3, 0.4) is 0 Å². The maximum absolute atomic E-state index is 13.6. The second-order valence-electron chi connectivity index (χ2n) is 13.8.